The highest BCUT2D eigenvalue weighted by Gasteiger charge is 2.20. The molecule has 0 radical (unpaired) electrons. The molecule has 1 rings (SSSR count). The Morgan fingerprint density at radius 2 is 2.00 bits per heavy atom. The minimum absolute atomic E-state index is 0.248. The third-order valence-electron chi connectivity index (χ3n) is 1.85. The first-order valence-electron chi connectivity index (χ1n) is 4.00. The Morgan fingerprint density at radius 1 is 1.43 bits per heavy atom. The highest BCUT2D eigenvalue weighted by Crippen LogP contribution is 2.19. The van der Waals surface area contributed by atoms with Gasteiger partial charge in [-0.3, -0.25) is 0 Å². The van der Waals surface area contributed by atoms with Crippen LogP contribution in [-0.2, 0) is 9.84 Å². The lowest BCUT2D eigenvalue weighted by Gasteiger charge is -2.08. The molecule has 1 aromatic rings. The Kier molecular flexibility index (Phi) is 3.11. The van der Waals surface area contributed by atoms with E-state index in [1.807, 2.05) is 0 Å². The molecule has 78 valence electrons. The van der Waals surface area contributed by atoms with Gasteiger partial charge in [-0.25, -0.2) is 18.4 Å². The summed E-state index contributed by atoms with van der Waals surface area (Å²) < 4.78 is 22.5. The number of halogens is 1. The van der Waals surface area contributed by atoms with Gasteiger partial charge in [0.1, 0.15) is 16.2 Å². The van der Waals surface area contributed by atoms with Crippen molar-refractivity contribution in [1.82, 2.24) is 9.97 Å². The molecule has 0 N–H and O–H groups in total. The van der Waals surface area contributed by atoms with Gasteiger partial charge in [-0.1, -0.05) is 11.6 Å². The van der Waals surface area contributed by atoms with Crippen molar-refractivity contribution in [3.63, 3.8) is 0 Å². The third-order valence-corrected chi connectivity index (χ3v) is 3.53. The predicted octanol–water partition coefficient (Wildman–Crippen LogP) is 1.54. The van der Waals surface area contributed by atoms with Gasteiger partial charge in [0, 0.05) is 11.9 Å². The van der Waals surface area contributed by atoms with Gasteiger partial charge in [-0.05, 0) is 19.9 Å². The lowest BCUT2D eigenvalue weighted by atomic mass is 10.4. The number of aromatic nitrogens is 2. The van der Waals surface area contributed by atoms with Crippen molar-refractivity contribution in [2.75, 3.05) is 6.26 Å². The fraction of sp³-hybridized carbons (Fsp3) is 0.500. The number of hydrogen-bond donors (Lipinski definition) is 0. The molecule has 0 aliphatic rings. The molecule has 1 unspecified atom stereocenters. The van der Waals surface area contributed by atoms with E-state index >= 15 is 0 Å². The van der Waals surface area contributed by atoms with E-state index < -0.39 is 15.1 Å². The molecule has 0 aliphatic carbocycles. The smallest absolute Gasteiger partial charge is 0.157 e. The van der Waals surface area contributed by atoms with E-state index in [-0.39, 0.29) is 11.0 Å². The first-order chi connectivity index (χ1) is 6.30. The summed E-state index contributed by atoms with van der Waals surface area (Å²) in [5.41, 5.74) is 0.663. The van der Waals surface area contributed by atoms with Gasteiger partial charge < -0.3 is 0 Å². The average molecular weight is 235 g/mol. The minimum atomic E-state index is -3.17. The minimum Gasteiger partial charge on any atom is -0.237 e. The predicted molar refractivity (Wildman–Crippen MR) is 55.0 cm³/mol. The molecular weight excluding hydrogens is 224 g/mol. The molecule has 1 heterocycles. The lowest BCUT2D eigenvalue weighted by Crippen LogP contribution is -2.12. The number of hydrogen-bond acceptors (Lipinski definition) is 4. The highest BCUT2D eigenvalue weighted by atomic mass is 35.5. The number of rotatable bonds is 2. The molecule has 0 aromatic carbocycles. The van der Waals surface area contributed by atoms with Crippen LogP contribution in [0.2, 0.25) is 5.15 Å². The summed E-state index contributed by atoms with van der Waals surface area (Å²) in [5, 5.41) is -0.456. The maximum Gasteiger partial charge on any atom is 0.157 e. The highest BCUT2D eigenvalue weighted by molar-refractivity contribution is 7.90. The van der Waals surface area contributed by atoms with Crippen molar-refractivity contribution >= 4 is 21.4 Å². The molecule has 1 atom stereocenters. The maximum atomic E-state index is 11.2. The molecule has 0 spiro atoms. The van der Waals surface area contributed by atoms with Crippen molar-refractivity contribution < 1.29 is 8.42 Å². The molecule has 0 aliphatic heterocycles. The van der Waals surface area contributed by atoms with Crippen LogP contribution in [-0.4, -0.2) is 24.6 Å². The van der Waals surface area contributed by atoms with Gasteiger partial charge in [0.25, 0.3) is 0 Å². The van der Waals surface area contributed by atoms with Crippen molar-refractivity contribution in [1.29, 1.82) is 0 Å². The van der Waals surface area contributed by atoms with Crippen LogP contribution in [0.4, 0.5) is 0 Å². The molecule has 0 amide bonds. The van der Waals surface area contributed by atoms with Crippen molar-refractivity contribution in [3.05, 3.63) is 22.7 Å². The zero-order valence-corrected chi connectivity index (χ0v) is 9.72. The molecule has 0 saturated heterocycles. The summed E-state index contributed by atoms with van der Waals surface area (Å²) >= 11 is 5.70. The molecule has 1 aromatic heterocycles. The lowest BCUT2D eigenvalue weighted by molar-refractivity contribution is 0.589. The van der Waals surface area contributed by atoms with Gasteiger partial charge in [0.2, 0.25) is 0 Å². The van der Waals surface area contributed by atoms with E-state index in [4.69, 9.17) is 11.6 Å². The third kappa shape index (κ3) is 2.65. The average Bonchev–Trinajstić information content (AvgIpc) is 1.99. The van der Waals surface area contributed by atoms with Crippen LogP contribution < -0.4 is 0 Å². The van der Waals surface area contributed by atoms with E-state index in [1.165, 1.54) is 0 Å². The van der Waals surface area contributed by atoms with Gasteiger partial charge in [-0.2, -0.15) is 0 Å². The van der Waals surface area contributed by atoms with Crippen LogP contribution in [0.5, 0.6) is 0 Å². The van der Waals surface area contributed by atoms with Crippen molar-refractivity contribution in [2.45, 2.75) is 19.1 Å². The van der Waals surface area contributed by atoms with Gasteiger partial charge >= 0.3 is 0 Å². The molecule has 0 bridgehead atoms. The summed E-state index contributed by atoms with van der Waals surface area (Å²) in [6, 6.07) is 1.58. The first-order valence-corrected chi connectivity index (χ1v) is 6.34. The summed E-state index contributed by atoms with van der Waals surface area (Å²) in [6.45, 7) is 3.28. The largest absolute Gasteiger partial charge is 0.237 e. The molecule has 4 nitrogen and oxygen atoms in total. The molecule has 6 heteroatoms. The van der Waals surface area contributed by atoms with Crippen LogP contribution in [0, 0.1) is 6.92 Å². The van der Waals surface area contributed by atoms with E-state index in [9.17, 15) is 8.42 Å². The Labute approximate surface area is 88.3 Å². The van der Waals surface area contributed by atoms with Crippen LogP contribution in [0.3, 0.4) is 0 Å². The monoisotopic (exact) mass is 234 g/mol. The zero-order chi connectivity index (χ0) is 10.9. The van der Waals surface area contributed by atoms with Crippen molar-refractivity contribution in [3.8, 4) is 0 Å². The standard InChI is InChI=1S/C8H11ClN2O2S/c1-5-4-7(9)11-8(10-5)6(2)14(3,12)13/h4,6H,1-3H3. The van der Waals surface area contributed by atoms with Crippen LogP contribution in [0.1, 0.15) is 23.7 Å². The fourth-order valence-corrected chi connectivity index (χ4v) is 1.66. The Balaban J connectivity index is 3.20. The number of sulfone groups is 1. The SMILES string of the molecule is Cc1cc(Cl)nc(C(C)S(C)(=O)=O)n1. The summed E-state index contributed by atoms with van der Waals surface area (Å²) in [5.74, 6) is 0.248. The fourth-order valence-electron chi connectivity index (χ4n) is 0.925. The van der Waals surface area contributed by atoms with Crippen molar-refractivity contribution in [2.24, 2.45) is 0 Å². The zero-order valence-electron chi connectivity index (χ0n) is 8.15. The second-order valence-corrected chi connectivity index (χ2v) is 5.92. The Hall–Kier alpha value is -0.680. The Morgan fingerprint density at radius 3 is 2.43 bits per heavy atom. The summed E-state index contributed by atoms with van der Waals surface area (Å²) in [4.78, 5) is 7.90. The molecule has 14 heavy (non-hydrogen) atoms. The molecular formula is C8H11ClN2O2S. The number of nitrogens with zero attached hydrogens (tertiary/aromatic N) is 2. The quantitative estimate of drug-likeness (QED) is 0.729. The molecule has 0 saturated carbocycles. The van der Waals surface area contributed by atoms with E-state index in [1.54, 1.807) is 19.9 Å². The maximum absolute atomic E-state index is 11.2. The normalized spacial score (nSPS) is 14.0. The van der Waals surface area contributed by atoms with E-state index in [2.05, 4.69) is 9.97 Å². The topological polar surface area (TPSA) is 59.9 Å². The van der Waals surface area contributed by atoms with E-state index in [0.717, 1.165) is 6.26 Å². The second-order valence-electron chi connectivity index (χ2n) is 3.16. The van der Waals surface area contributed by atoms with Crippen LogP contribution >= 0.6 is 11.6 Å². The van der Waals surface area contributed by atoms with Crippen LogP contribution in [0.15, 0.2) is 6.07 Å². The number of aryl methyl sites for hydroxylation is 1. The van der Waals surface area contributed by atoms with Gasteiger partial charge in [0.05, 0.1) is 0 Å². The summed E-state index contributed by atoms with van der Waals surface area (Å²) in [6.07, 6.45) is 1.15. The second kappa shape index (κ2) is 3.82. The first kappa shape index (κ1) is 11.4. The molecule has 0 fully saturated rings. The summed E-state index contributed by atoms with van der Waals surface area (Å²) in [7, 11) is -3.17. The van der Waals surface area contributed by atoms with E-state index in [0.29, 0.717) is 5.69 Å². The van der Waals surface area contributed by atoms with Gasteiger partial charge in [-0.15, -0.1) is 0 Å². The van der Waals surface area contributed by atoms with Gasteiger partial charge in [0.15, 0.2) is 9.84 Å². The van der Waals surface area contributed by atoms with Crippen LogP contribution in [0.25, 0.3) is 0 Å². The Bertz CT molecular complexity index is 424.